The van der Waals surface area contributed by atoms with Crippen LogP contribution in [0.3, 0.4) is 0 Å². The molecule has 3 nitrogen and oxygen atoms in total. The van der Waals surface area contributed by atoms with Gasteiger partial charge in [0.25, 0.3) is 0 Å². The van der Waals surface area contributed by atoms with E-state index in [-0.39, 0.29) is 23.7 Å². The number of rotatable bonds is 0. The minimum atomic E-state index is -0.0139. The summed E-state index contributed by atoms with van der Waals surface area (Å²) in [6.07, 6.45) is 6.82. The van der Waals surface area contributed by atoms with Crippen molar-refractivity contribution in [1.29, 1.82) is 0 Å². The highest BCUT2D eigenvalue weighted by molar-refractivity contribution is 6.06. The summed E-state index contributed by atoms with van der Waals surface area (Å²) < 4.78 is 0. The monoisotopic (exact) mass is 203 g/mol. The van der Waals surface area contributed by atoms with Gasteiger partial charge >= 0.3 is 0 Å². The highest BCUT2D eigenvalue weighted by atomic mass is 16.2. The van der Waals surface area contributed by atoms with E-state index in [1.807, 2.05) is 0 Å². The number of amides is 2. The fourth-order valence-electron chi connectivity index (χ4n) is 4.23. The average Bonchev–Trinajstić information content (AvgIpc) is 2.85. The Balaban J connectivity index is 1.87. The van der Waals surface area contributed by atoms with Crippen LogP contribution in [-0.4, -0.2) is 23.8 Å². The number of hydrogen-bond donors (Lipinski definition) is 0. The highest BCUT2D eigenvalue weighted by Crippen LogP contribution is 2.73. The van der Waals surface area contributed by atoms with Gasteiger partial charge in [-0.3, -0.25) is 14.5 Å². The molecule has 4 rings (SSSR count). The van der Waals surface area contributed by atoms with Crippen molar-refractivity contribution >= 4 is 11.8 Å². The predicted octanol–water partition coefficient (Wildman–Crippen LogP) is 0.813. The summed E-state index contributed by atoms with van der Waals surface area (Å²) in [6.45, 7) is 0. The van der Waals surface area contributed by atoms with Crippen LogP contribution < -0.4 is 0 Å². The lowest BCUT2D eigenvalue weighted by atomic mass is 9.85. The molecule has 2 saturated carbocycles. The van der Waals surface area contributed by atoms with Crippen LogP contribution in [0.25, 0.3) is 0 Å². The van der Waals surface area contributed by atoms with Crippen LogP contribution in [0.1, 0.15) is 12.8 Å². The first-order chi connectivity index (χ1) is 7.17. The second-order valence-electron chi connectivity index (χ2n) is 5.46. The third-order valence-corrected chi connectivity index (χ3v) is 5.07. The molecule has 1 aliphatic heterocycles. The molecule has 0 aromatic carbocycles. The molecular weight excluding hydrogens is 190 g/mol. The zero-order valence-electron chi connectivity index (χ0n) is 8.64. The first kappa shape index (κ1) is 8.08. The summed E-state index contributed by atoms with van der Waals surface area (Å²) in [6, 6.07) is 0. The van der Waals surface area contributed by atoms with Gasteiger partial charge in [-0.1, -0.05) is 12.2 Å². The quantitative estimate of drug-likeness (QED) is 0.431. The van der Waals surface area contributed by atoms with Crippen molar-refractivity contribution in [2.24, 2.45) is 29.1 Å². The fourth-order valence-corrected chi connectivity index (χ4v) is 4.23. The molecule has 78 valence electrons. The lowest BCUT2D eigenvalue weighted by Crippen LogP contribution is -2.31. The summed E-state index contributed by atoms with van der Waals surface area (Å²) in [5.41, 5.74) is 0.335. The molecule has 3 fully saturated rings. The number of nitrogens with zero attached hydrogens (tertiary/aromatic N) is 1. The molecule has 0 N–H and O–H groups in total. The number of carbonyl (C=O) groups excluding carboxylic acids is 2. The van der Waals surface area contributed by atoms with E-state index in [2.05, 4.69) is 12.2 Å². The normalized spacial score (nSPS) is 48.2. The largest absolute Gasteiger partial charge is 0.285 e. The van der Waals surface area contributed by atoms with Crippen molar-refractivity contribution in [3.8, 4) is 0 Å². The fraction of sp³-hybridized carbons (Fsp3) is 0.667. The first-order valence-electron chi connectivity index (χ1n) is 5.66. The van der Waals surface area contributed by atoms with Gasteiger partial charge < -0.3 is 0 Å². The number of imide groups is 1. The Bertz CT molecular complexity index is 387. The lowest BCUT2D eigenvalue weighted by Gasteiger charge is -2.18. The molecule has 2 bridgehead atoms. The van der Waals surface area contributed by atoms with Gasteiger partial charge in [0.15, 0.2) is 0 Å². The lowest BCUT2D eigenvalue weighted by molar-refractivity contribution is -0.139. The van der Waals surface area contributed by atoms with Gasteiger partial charge in [0.1, 0.15) is 0 Å². The molecule has 0 aromatic rings. The Labute approximate surface area is 88.1 Å². The molecule has 1 spiro atoms. The van der Waals surface area contributed by atoms with E-state index in [4.69, 9.17) is 0 Å². The van der Waals surface area contributed by atoms with Crippen LogP contribution in [0.5, 0.6) is 0 Å². The van der Waals surface area contributed by atoms with Crippen molar-refractivity contribution in [1.82, 2.24) is 4.90 Å². The number of fused-ring (bicyclic) bond motifs is 3. The van der Waals surface area contributed by atoms with Crippen LogP contribution in [0.4, 0.5) is 0 Å². The molecule has 0 radical (unpaired) electrons. The molecule has 2 amide bonds. The van der Waals surface area contributed by atoms with Gasteiger partial charge in [0.2, 0.25) is 11.8 Å². The van der Waals surface area contributed by atoms with Crippen molar-refractivity contribution in [2.45, 2.75) is 12.8 Å². The van der Waals surface area contributed by atoms with Gasteiger partial charge in [-0.15, -0.1) is 0 Å². The second-order valence-corrected chi connectivity index (χ2v) is 5.46. The van der Waals surface area contributed by atoms with Crippen LogP contribution >= 0.6 is 0 Å². The van der Waals surface area contributed by atoms with E-state index in [1.54, 1.807) is 7.05 Å². The second kappa shape index (κ2) is 2.04. The maximum atomic E-state index is 12.0. The van der Waals surface area contributed by atoms with Crippen LogP contribution in [0, 0.1) is 29.1 Å². The summed E-state index contributed by atoms with van der Waals surface area (Å²) in [5.74, 6) is 0.837. The summed E-state index contributed by atoms with van der Waals surface area (Å²) in [4.78, 5) is 25.3. The topological polar surface area (TPSA) is 37.4 Å². The maximum absolute atomic E-state index is 12.0. The van der Waals surface area contributed by atoms with E-state index in [0.29, 0.717) is 17.3 Å². The van der Waals surface area contributed by atoms with Gasteiger partial charge in [0, 0.05) is 7.05 Å². The Morgan fingerprint density at radius 1 is 1.13 bits per heavy atom. The zero-order valence-corrected chi connectivity index (χ0v) is 8.64. The van der Waals surface area contributed by atoms with E-state index >= 15 is 0 Å². The molecule has 4 atom stereocenters. The zero-order chi connectivity index (χ0) is 10.4. The van der Waals surface area contributed by atoms with Crippen molar-refractivity contribution < 1.29 is 9.59 Å². The number of allylic oxidation sites excluding steroid dienone is 2. The first-order valence-corrected chi connectivity index (χ1v) is 5.66. The van der Waals surface area contributed by atoms with Crippen molar-refractivity contribution in [3.05, 3.63) is 12.2 Å². The average molecular weight is 203 g/mol. The third kappa shape index (κ3) is 0.638. The van der Waals surface area contributed by atoms with E-state index in [9.17, 15) is 9.59 Å². The summed E-state index contributed by atoms with van der Waals surface area (Å²) >= 11 is 0. The molecule has 3 heteroatoms. The Kier molecular flexibility index (Phi) is 1.10. The van der Waals surface area contributed by atoms with Gasteiger partial charge in [-0.2, -0.15) is 0 Å². The number of likely N-dealkylation sites (tertiary alicyclic amines) is 1. The molecule has 3 aliphatic carbocycles. The van der Waals surface area contributed by atoms with Crippen LogP contribution in [-0.2, 0) is 9.59 Å². The van der Waals surface area contributed by atoms with Gasteiger partial charge in [-0.05, 0) is 30.1 Å². The number of hydrogen-bond acceptors (Lipinski definition) is 2. The van der Waals surface area contributed by atoms with E-state index in [1.165, 1.54) is 17.7 Å². The molecule has 0 aromatic heterocycles. The maximum Gasteiger partial charge on any atom is 0.233 e. The third-order valence-electron chi connectivity index (χ3n) is 5.07. The SMILES string of the molecule is CN1C(=O)C2C(C1=O)C1C=CC2C12CC2. The molecule has 4 aliphatic rings. The van der Waals surface area contributed by atoms with Crippen LogP contribution in [0.15, 0.2) is 12.2 Å². The highest BCUT2D eigenvalue weighted by Gasteiger charge is 2.72. The Morgan fingerprint density at radius 2 is 1.60 bits per heavy atom. The molecule has 4 unspecified atom stereocenters. The summed E-state index contributed by atoms with van der Waals surface area (Å²) in [5, 5.41) is 0. The predicted molar refractivity (Wildman–Crippen MR) is 52.5 cm³/mol. The Morgan fingerprint density at radius 3 is 2.00 bits per heavy atom. The number of carbonyl (C=O) groups is 2. The molecule has 1 saturated heterocycles. The minimum Gasteiger partial charge on any atom is -0.285 e. The van der Waals surface area contributed by atoms with E-state index < -0.39 is 0 Å². The minimum absolute atomic E-state index is 0.0139. The summed E-state index contributed by atoms with van der Waals surface area (Å²) in [7, 11) is 1.63. The van der Waals surface area contributed by atoms with Crippen LogP contribution in [0.2, 0.25) is 0 Å². The molecule has 1 heterocycles. The van der Waals surface area contributed by atoms with Crippen molar-refractivity contribution in [2.75, 3.05) is 7.05 Å². The van der Waals surface area contributed by atoms with Gasteiger partial charge in [-0.25, -0.2) is 0 Å². The van der Waals surface area contributed by atoms with Crippen molar-refractivity contribution in [3.63, 3.8) is 0 Å². The smallest absolute Gasteiger partial charge is 0.233 e. The molecule has 15 heavy (non-hydrogen) atoms. The van der Waals surface area contributed by atoms with E-state index in [0.717, 1.165) is 0 Å². The van der Waals surface area contributed by atoms with Gasteiger partial charge in [0.05, 0.1) is 11.8 Å². The molecular formula is C12H13NO2. The standard InChI is InChI=1S/C12H13NO2/c1-13-10(14)8-6-2-3-7(9(8)11(13)15)12(6)4-5-12/h2-3,6-9H,4-5H2,1H3. The Hall–Kier alpha value is -1.12.